The lowest BCUT2D eigenvalue weighted by Gasteiger charge is -2.12. The van der Waals surface area contributed by atoms with E-state index in [0.717, 1.165) is 14.8 Å². The summed E-state index contributed by atoms with van der Waals surface area (Å²) in [5, 5.41) is 11.3. The zero-order valence-corrected chi connectivity index (χ0v) is 19.9. The quantitative estimate of drug-likeness (QED) is 0.412. The van der Waals surface area contributed by atoms with Gasteiger partial charge in [0.15, 0.2) is 5.69 Å². The Balaban J connectivity index is 1.52. The summed E-state index contributed by atoms with van der Waals surface area (Å²) in [6, 6.07) is 12.0. The van der Waals surface area contributed by atoms with Crippen molar-refractivity contribution in [3.05, 3.63) is 79.8 Å². The van der Waals surface area contributed by atoms with Gasteiger partial charge in [0.2, 0.25) is 17.6 Å². The molecule has 0 saturated carbocycles. The molecule has 1 amide bonds. The molecule has 0 fully saturated rings. The van der Waals surface area contributed by atoms with Crippen molar-refractivity contribution in [2.75, 3.05) is 12.4 Å². The Hall–Kier alpha value is -4.25. The van der Waals surface area contributed by atoms with Gasteiger partial charge in [-0.2, -0.15) is 14.8 Å². The van der Waals surface area contributed by atoms with Gasteiger partial charge in [0, 0.05) is 31.0 Å². The van der Waals surface area contributed by atoms with Crippen molar-refractivity contribution >= 4 is 23.2 Å². The summed E-state index contributed by atoms with van der Waals surface area (Å²) in [6.07, 6.45) is 0.147. The second-order valence-corrected chi connectivity index (χ2v) is 8.01. The van der Waals surface area contributed by atoms with Crippen LogP contribution in [0.15, 0.2) is 56.6 Å². The van der Waals surface area contributed by atoms with Gasteiger partial charge in [-0.3, -0.25) is 14.2 Å². The lowest BCUT2D eigenvalue weighted by molar-refractivity contribution is -0.116. The average molecular weight is 497 g/mol. The van der Waals surface area contributed by atoms with Crippen LogP contribution in [0.2, 0.25) is 5.02 Å². The van der Waals surface area contributed by atoms with E-state index in [0.29, 0.717) is 22.1 Å². The highest BCUT2D eigenvalue weighted by atomic mass is 35.5. The number of hydrogen-bond acceptors (Lipinski definition) is 8. The molecule has 0 spiro atoms. The molecule has 0 unspecified atom stereocenters. The molecular weight excluding hydrogens is 476 g/mol. The number of halogens is 1. The molecule has 0 aliphatic rings. The van der Waals surface area contributed by atoms with Crippen LogP contribution in [0.25, 0.3) is 17.2 Å². The van der Waals surface area contributed by atoms with E-state index < -0.39 is 11.2 Å². The smallest absolute Gasteiger partial charge is 0.351 e. The van der Waals surface area contributed by atoms with Crippen molar-refractivity contribution in [1.29, 1.82) is 0 Å². The van der Waals surface area contributed by atoms with E-state index in [4.69, 9.17) is 20.9 Å². The number of amides is 1. The minimum Gasteiger partial charge on any atom is -0.495 e. The number of hydrogen-bond donors (Lipinski definition) is 1. The highest BCUT2D eigenvalue weighted by Crippen LogP contribution is 2.31. The average Bonchev–Trinajstić information content (AvgIpc) is 3.33. The molecule has 180 valence electrons. The summed E-state index contributed by atoms with van der Waals surface area (Å²) in [5.41, 5.74) is 0.312. The standard InChI is InChI=1S/C23H21ClN6O5/c1-13-11-16(17(34-3)12-15(13)24)25-18(31)9-10-19-26-21(28-35-19)20-22(32)29(2)23(33)30(27-20)14-7-5-4-6-8-14/h4-8,11-12H,9-10H2,1-3H3,(H,25,31). The fourth-order valence-corrected chi connectivity index (χ4v) is 3.42. The van der Waals surface area contributed by atoms with E-state index in [9.17, 15) is 14.4 Å². The topological polar surface area (TPSA) is 134 Å². The second kappa shape index (κ2) is 9.94. The first kappa shape index (κ1) is 23.9. The van der Waals surface area contributed by atoms with Crippen LogP contribution in [0.1, 0.15) is 17.9 Å². The Morgan fingerprint density at radius 1 is 1.20 bits per heavy atom. The van der Waals surface area contributed by atoms with E-state index in [1.54, 1.807) is 42.5 Å². The first-order valence-electron chi connectivity index (χ1n) is 10.5. The van der Waals surface area contributed by atoms with Gasteiger partial charge in [0.05, 0.1) is 18.5 Å². The van der Waals surface area contributed by atoms with E-state index in [1.807, 2.05) is 6.92 Å². The molecule has 0 atom stereocenters. The summed E-state index contributed by atoms with van der Waals surface area (Å²) in [4.78, 5) is 41.8. The van der Waals surface area contributed by atoms with Crippen LogP contribution in [0, 0.1) is 6.92 Å². The molecule has 35 heavy (non-hydrogen) atoms. The van der Waals surface area contributed by atoms with Gasteiger partial charge in [-0.15, -0.1) is 0 Å². The maximum atomic E-state index is 12.6. The number of carbonyl (C=O) groups is 1. The van der Waals surface area contributed by atoms with Gasteiger partial charge in [-0.1, -0.05) is 35.0 Å². The lowest BCUT2D eigenvalue weighted by atomic mass is 10.2. The Morgan fingerprint density at radius 2 is 1.94 bits per heavy atom. The third kappa shape index (κ3) is 4.99. The number of nitrogens with zero attached hydrogens (tertiary/aromatic N) is 5. The number of rotatable bonds is 7. The Labute approximate surface area is 203 Å². The van der Waals surface area contributed by atoms with Crippen LogP contribution in [0.4, 0.5) is 5.69 Å². The SMILES string of the molecule is COc1cc(Cl)c(C)cc1NC(=O)CCc1nc(-c2nn(-c3ccccc3)c(=O)n(C)c2=O)no1. The van der Waals surface area contributed by atoms with Crippen molar-refractivity contribution in [3.8, 4) is 23.0 Å². The molecular formula is C23H21ClN6O5. The van der Waals surface area contributed by atoms with E-state index >= 15 is 0 Å². The van der Waals surface area contributed by atoms with Crippen molar-refractivity contribution < 1.29 is 14.1 Å². The van der Waals surface area contributed by atoms with Crippen LogP contribution < -0.4 is 21.3 Å². The summed E-state index contributed by atoms with van der Waals surface area (Å²) in [6.45, 7) is 1.82. The number of aromatic nitrogens is 5. The van der Waals surface area contributed by atoms with Crippen molar-refractivity contribution in [2.24, 2.45) is 7.05 Å². The van der Waals surface area contributed by atoms with Crippen LogP contribution in [0.3, 0.4) is 0 Å². The molecule has 2 aromatic carbocycles. The van der Waals surface area contributed by atoms with Gasteiger partial charge in [0.1, 0.15) is 5.75 Å². The second-order valence-electron chi connectivity index (χ2n) is 7.60. The molecule has 2 aromatic heterocycles. The molecule has 0 saturated heterocycles. The third-order valence-electron chi connectivity index (χ3n) is 5.18. The lowest BCUT2D eigenvalue weighted by Crippen LogP contribution is -2.40. The van der Waals surface area contributed by atoms with Gasteiger partial charge in [0.25, 0.3) is 5.56 Å². The number of benzene rings is 2. The Morgan fingerprint density at radius 3 is 2.66 bits per heavy atom. The highest BCUT2D eigenvalue weighted by Gasteiger charge is 2.19. The van der Waals surface area contributed by atoms with Crippen LogP contribution >= 0.6 is 11.6 Å². The highest BCUT2D eigenvalue weighted by molar-refractivity contribution is 6.31. The normalized spacial score (nSPS) is 10.9. The maximum Gasteiger partial charge on any atom is 0.351 e. The van der Waals surface area contributed by atoms with Gasteiger partial charge < -0.3 is 14.6 Å². The third-order valence-corrected chi connectivity index (χ3v) is 5.58. The predicted octanol–water partition coefficient (Wildman–Crippen LogP) is 2.52. The van der Waals surface area contributed by atoms with E-state index in [-0.39, 0.29) is 36.2 Å². The number of para-hydroxylation sites is 1. The minimum absolute atomic E-state index is 0.0292. The molecule has 1 N–H and O–H groups in total. The summed E-state index contributed by atoms with van der Waals surface area (Å²) in [5.74, 6) is 0.178. The Kier molecular flexibility index (Phi) is 6.78. The van der Waals surface area contributed by atoms with Crippen LogP contribution in [-0.4, -0.2) is 37.5 Å². The fraction of sp³-hybridized carbons (Fsp3) is 0.217. The molecule has 4 rings (SSSR count). The first-order chi connectivity index (χ1) is 16.8. The molecule has 12 heteroatoms. The number of ether oxygens (including phenoxy) is 1. The predicted molar refractivity (Wildman–Crippen MR) is 128 cm³/mol. The number of methoxy groups -OCH3 is 1. The zero-order valence-electron chi connectivity index (χ0n) is 19.1. The minimum atomic E-state index is -0.669. The van der Waals surface area contributed by atoms with Gasteiger partial charge >= 0.3 is 5.69 Å². The maximum absolute atomic E-state index is 12.6. The molecule has 0 radical (unpaired) electrons. The molecule has 0 aliphatic heterocycles. The summed E-state index contributed by atoms with van der Waals surface area (Å²) >= 11 is 6.10. The number of anilines is 1. The zero-order chi connectivity index (χ0) is 25.1. The van der Waals surface area contributed by atoms with E-state index in [1.165, 1.54) is 14.2 Å². The summed E-state index contributed by atoms with van der Waals surface area (Å²) < 4.78 is 12.5. The number of carbonyl (C=O) groups excluding carboxylic acids is 1. The molecule has 2 heterocycles. The number of nitrogens with one attached hydrogen (secondary N) is 1. The molecule has 11 nitrogen and oxygen atoms in total. The van der Waals surface area contributed by atoms with E-state index in [2.05, 4.69) is 20.6 Å². The van der Waals surface area contributed by atoms with Crippen LogP contribution in [-0.2, 0) is 18.3 Å². The Bertz CT molecular complexity index is 1510. The van der Waals surface area contributed by atoms with Crippen molar-refractivity contribution in [2.45, 2.75) is 19.8 Å². The van der Waals surface area contributed by atoms with Crippen molar-refractivity contribution in [3.63, 3.8) is 0 Å². The molecule has 0 aliphatic carbocycles. The largest absolute Gasteiger partial charge is 0.495 e. The first-order valence-corrected chi connectivity index (χ1v) is 10.9. The summed E-state index contributed by atoms with van der Waals surface area (Å²) in [7, 11) is 2.82. The van der Waals surface area contributed by atoms with Gasteiger partial charge in [-0.25, -0.2) is 4.79 Å². The fourth-order valence-electron chi connectivity index (χ4n) is 3.27. The molecule has 0 bridgehead atoms. The number of aryl methyl sites for hydroxylation is 2. The monoisotopic (exact) mass is 496 g/mol. The van der Waals surface area contributed by atoms with Crippen molar-refractivity contribution in [1.82, 2.24) is 24.5 Å². The molecule has 4 aromatic rings. The van der Waals surface area contributed by atoms with Gasteiger partial charge in [-0.05, 0) is 30.7 Å². The van der Waals surface area contributed by atoms with Crippen LogP contribution in [0.5, 0.6) is 5.75 Å².